The molecule has 2 amide bonds. The summed E-state index contributed by atoms with van der Waals surface area (Å²) in [5.41, 5.74) is 1.40. The van der Waals surface area contributed by atoms with Crippen molar-refractivity contribution in [2.24, 2.45) is 0 Å². The molecule has 2 atom stereocenters. The second-order valence-electron chi connectivity index (χ2n) is 6.18. The molecule has 0 aliphatic carbocycles. The van der Waals surface area contributed by atoms with Gasteiger partial charge in [-0.15, -0.1) is 24.8 Å². The molecule has 1 aliphatic rings. The number of anilines is 2. The normalized spacial score (nSPS) is 19.1. The summed E-state index contributed by atoms with van der Waals surface area (Å²) in [6.07, 6.45) is 0.283. The van der Waals surface area contributed by atoms with Crippen LogP contribution in [0.15, 0.2) is 24.3 Å². The first-order valence-electron chi connectivity index (χ1n) is 8.16. The lowest BCUT2D eigenvalue weighted by molar-refractivity contribution is -0.123. The van der Waals surface area contributed by atoms with Crippen molar-refractivity contribution in [3.05, 3.63) is 24.3 Å². The van der Waals surface area contributed by atoms with Gasteiger partial charge in [-0.05, 0) is 45.3 Å². The van der Waals surface area contributed by atoms with Crippen LogP contribution >= 0.6 is 24.8 Å². The van der Waals surface area contributed by atoms with E-state index in [0.29, 0.717) is 37.5 Å². The van der Waals surface area contributed by atoms with Crippen LogP contribution in [0.5, 0.6) is 0 Å². The van der Waals surface area contributed by atoms with E-state index in [1.54, 1.807) is 24.3 Å². The maximum Gasteiger partial charge on any atom is 0.244 e. The fourth-order valence-corrected chi connectivity index (χ4v) is 2.43. The number of halogens is 2. The van der Waals surface area contributed by atoms with E-state index in [2.05, 4.69) is 16.0 Å². The zero-order valence-electron chi connectivity index (χ0n) is 15.3. The van der Waals surface area contributed by atoms with Gasteiger partial charge in [-0.2, -0.15) is 0 Å². The molecule has 1 aromatic rings. The Morgan fingerprint density at radius 3 is 2.27 bits per heavy atom. The standard InChI is InChI=1S/C17H26N4O3.2ClH/c1-12-16(18-9-11-24-12)17(23)20-14-6-4-13(5-7-14)19-15(22)8-10-21(2)3;;/h4-7,12,16,18H,8-11H2,1-3H3,(H,19,22)(H,20,23);2*1H/t12-,16+;;/m1../s1. The maximum absolute atomic E-state index is 12.3. The minimum absolute atomic E-state index is 0. The molecule has 1 aliphatic heterocycles. The van der Waals surface area contributed by atoms with E-state index in [4.69, 9.17) is 4.74 Å². The minimum atomic E-state index is -0.357. The van der Waals surface area contributed by atoms with Gasteiger partial charge in [0.05, 0.1) is 12.7 Å². The first-order valence-corrected chi connectivity index (χ1v) is 8.16. The molecule has 1 saturated heterocycles. The predicted octanol–water partition coefficient (Wildman–Crippen LogP) is 1.74. The summed E-state index contributed by atoms with van der Waals surface area (Å²) in [5.74, 6) is -0.150. The summed E-state index contributed by atoms with van der Waals surface area (Å²) >= 11 is 0. The van der Waals surface area contributed by atoms with Crippen LogP contribution in [-0.4, -0.2) is 62.7 Å². The fourth-order valence-electron chi connectivity index (χ4n) is 2.43. The highest BCUT2D eigenvalue weighted by molar-refractivity contribution is 5.96. The van der Waals surface area contributed by atoms with Crippen molar-refractivity contribution in [1.82, 2.24) is 10.2 Å². The van der Waals surface area contributed by atoms with Crippen LogP contribution in [-0.2, 0) is 14.3 Å². The molecule has 1 heterocycles. The smallest absolute Gasteiger partial charge is 0.244 e. The zero-order valence-corrected chi connectivity index (χ0v) is 16.9. The molecule has 2 rings (SSSR count). The zero-order chi connectivity index (χ0) is 17.5. The summed E-state index contributed by atoms with van der Waals surface area (Å²) in [7, 11) is 3.86. The highest BCUT2D eigenvalue weighted by Gasteiger charge is 2.28. The van der Waals surface area contributed by atoms with Crippen molar-refractivity contribution in [3.63, 3.8) is 0 Å². The number of benzene rings is 1. The molecular weight excluding hydrogens is 379 g/mol. The number of rotatable bonds is 6. The lowest BCUT2D eigenvalue weighted by Gasteiger charge is -2.29. The van der Waals surface area contributed by atoms with Crippen molar-refractivity contribution in [3.8, 4) is 0 Å². The second kappa shape index (κ2) is 12.1. The fraction of sp³-hybridized carbons (Fsp3) is 0.529. The average Bonchev–Trinajstić information content (AvgIpc) is 2.55. The Bertz CT molecular complexity index is 570. The number of carbonyl (C=O) groups is 2. The van der Waals surface area contributed by atoms with Crippen molar-refractivity contribution in [2.75, 3.05) is 44.4 Å². The van der Waals surface area contributed by atoms with Crippen molar-refractivity contribution >= 4 is 48.0 Å². The monoisotopic (exact) mass is 406 g/mol. The van der Waals surface area contributed by atoms with Gasteiger partial charge in [0.1, 0.15) is 6.04 Å². The van der Waals surface area contributed by atoms with Gasteiger partial charge in [0, 0.05) is 30.9 Å². The molecular formula is C17H28Cl2N4O3. The van der Waals surface area contributed by atoms with Gasteiger partial charge in [-0.25, -0.2) is 0 Å². The van der Waals surface area contributed by atoms with E-state index in [1.165, 1.54) is 0 Å². The van der Waals surface area contributed by atoms with Gasteiger partial charge >= 0.3 is 0 Å². The number of nitrogens with one attached hydrogen (secondary N) is 3. The van der Waals surface area contributed by atoms with E-state index in [-0.39, 0.29) is 48.8 Å². The molecule has 3 N–H and O–H groups in total. The first kappa shape index (κ1) is 24.6. The van der Waals surface area contributed by atoms with E-state index in [0.717, 1.165) is 0 Å². The number of carbonyl (C=O) groups excluding carboxylic acids is 2. The highest BCUT2D eigenvalue weighted by atomic mass is 35.5. The molecule has 26 heavy (non-hydrogen) atoms. The molecule has 0 radical (unpaired) electrons. The molecule has 0 saturated carbocycles. The van der Waals surface area contributed by atoms with Crippen LogP contribution < -0.4 is 16.0 Å². The lowest BCUT2D eigenvalue weighted by Crippen LogP contribution is -2.53. The van der Waals surface area contributed by atoms with Crippen LogP contribution in [0.4, 0.5) is 11.4 Å². The number of ether oxygens (including phenoxy) is 1. The second-order valence-corrected chi connectivity index (χ2v) is 6.18. The Hall–Kier alpha value is -1.38. The summed E-state index contributed by atoms with van der Waals surface area (Å²) in [4.78, 5) is 26.0. The Morgan fingerprint density at radius 2 is 1.73 bits per heavy atom. The summed E-state index contributed by atoms with van der Waals surface area (Å²) < 4.78 is 5.48. The Labute approximate surface area is 167 Å². The largest absolute Gasteiger partial charge is 0.375 e. The number of hydrogen-bond acceptors (Lipinski definition) is 5. The molecule has 1 aromatic carbocycles. The van der Waals surface area contributed by atoms with Crippen LogP contribution in [0.3, 0.4) is 0 Å². The van der Waals surface area contributed by atoms with Crippen molar-refractivity contribution in [2.45, 2.75) is 25.5 Å². The SMILES string of the molecule is C[C@H]1OCCN[C@@H]1C(=O)Nc1ccc(NC(=O)CCN(C)C)cc1.Cl.Cl. The third-order valence-corrected chi connectivity index (χ3v) is 3.82. The van der Waals surface area contributed by atoms with Gasteiger partial charge in [0.25, 0.3) is 0 Å². The molecule has 148 valence electrons. The van der Waals surface area contributed by atoms with Crippen LogP contribution in [0.25, 0.3) is 0 Å². The van der Waals surface area contributed by atoms with Crippen molar-refractivity contribution in [1.29, 1.82) is 0 Å². The Kier molecular flexibility index (Phi) is 11.4. The third-order valence-electron chi connectivity index (χ3n) is 3.82. The molecule has 0 aromatic heterocycles. The molecule has 0 spiro atoms. The lowest BCUT2D eigenvalue weighted by atomic mass is 10.1. The molecule has 9 heteroatoms. The Balaban J connectivity index is 0.00000312. The van der Waals surface area contributed by atoms with Gasteiger partial charge in [-0.3, -0.25) is 9.59 Å². The number of amides is 2. The topological polar surface area (TPSA) is 82.7 Å². The number of nitrogens with zero attached hydrogens (tertiary/aromatic N) is 1. The summed E-state index contributed by atoms with van der Waals surface area (Å²) in [6, 6.07) is 6.74. The first-order chi connectivity index (χ1) is 11.5. The minimum Gasteiger partial charge on any atom is -0.375 e. The molecule has 0 bridgehead atoms. The highest BCUT2D eigenvalue weighted by Crippen LogP contribution is 2.15. The number of morpholine rings is 1. The third kappa shape index (κ3) is 7.88. The van der Waals surface area contributed by atoms with Crippen LogP contribution in [0, 0.1) is 0 Å². The molecule has 1 fully saturated rings. The van der Waals surface area contributed by atoms with E-state index < -0.39 is 0 Å². The van der Waals surface area contributed by atoms with Crippen LogP contribution in [0.1, 0.15) is 13.3 Å². The van der Waals surface area contributed by atoms with E-state index in [9.17, 15) is 9.59 Å². The van der Waals surface area contributed by atoms with E-state index >= 15 is 0 Å². The molecule has 7 nitrogen and oxygen atoms in total. The van der Waals surface area contributed by atoms with E-state index in [1.807, 2.05) is 25.9 Å². The van der Waals surface area contributed by atoms with Crippen LogP contribution in [0.2, 0.25) is 0 Å². The number of hydrogen-bond donors (Lipinski definition) is 3. The van der Waals surface area contributed by atoms with Gasteiger partial charge in [-0.1, -0.05) is 0 Å². The van der Waals surface area contributed by atoms with Crippen molar-refractivity contribution < 1.29 is 14.3 Å². The average molecular weight is 407 g/mol. The quantitative estimate of drug-likeness (QED) is 0.669. The Morgan fingerprint density at radius 1 is 1.15 bits per heavy atom. The summed E-state index contributed by atoms with van der Waals surface area (Å²) in [6.45, 7) is 3.87. The maximum atomic E-state index is 12.3. The summed E-state index contributed by atoms with van der Waals surface area (Å²) in [5, 5.41) is 8.85. The van der Waals surface area contributed by atoms with Gasteiger partial charge in [0.15, 0.2) is 0 Å². The van der Waals surface area contributed by atoms with Gasteiger partial charge < -0.3 is 25.6 Å². The van der Waals surface area contributed by atoms with Gasteiger partial charge in [0.2, 0.25) is 11.8 Å². The predicted molar refractivity (Wildman–Crippen MR) is 109 cm³/mol. The molecule has 0 unspecified atom stereocenters.